The molecule has 4 aliphatic rings. The van der Waals surface area contributed by atoms with E-state index in [-0.39, 0.29) is 17.3 Å². The van der Waals surface area contributed by atoms with Crippen molar-refractivity contribution in [3.63, 3.8) is 0 Å². The van der Waals surface area contributed by atoms with E-state index in [2.05, 4.69) is 44.9 Å². The highest BCUT2D eigenvalue weighted by Crippen LogP contribution is 2.44. The topological polar surface area (TPSA) is 193 Å². The van der Waals surface area contributed by atoms with E-state index < -0.39 is 40.7 Å². The molecule has 60 heavy (non-hydrogen) atoms. The second-order valence-corrected chi connectivity index (χ2v) is 15.9. The van der Waals surface area contributed by atoms with Crippen molar-refractivity contribution >= 4 is 46.6 Å². The Morgan fingerprint density at radius 2 is 1.63 bits per heavy atom. The second kappa shape index (κ2) is 25.0. The molecular formula is C47H66N4O9. The van der Waals surface area contributed by atoms with Crippen LogP contribution in [0.1, 0.15) is 105 Å². The first-order valence-electron chi connectivity index (χ1n) is 20.7. The summed E-state index contributed by atoms with van der Waals surface area (Å²) in [6.45, 7) is 16.0. The van der Waals surface area contributed by atoms with Crippen LogP contribution in [0.3, 0.4) is 0 Å². The number of carboxylic acids is 1. The number of carbonyl (C=O) groups is 5. The number of ether oxygens (including phenoxy) is 2. The van der Waals surface area contributed by atoms with E-state index in [4.69, 9.17) is 9.53 Å². The van der Waals surface area contributed by atoms with Gasteiger partial charge in [-0.2, -0.15) is 0 Å². The first-order chi connectivity index (χ1) is 28.6. The predicted molar refractivity (Wildman–Crippen MR) is 237 cm³/mol. The van der Waals surface area contributed by atoms with Crippen molar-refractivity contribution in [3.8, 4) is 5.75 Å². The fraction of sp³-hybridized carbons (Fsp3) is 0.489. The summed E-state index contributed by atoms with van der Waals surface area (Å²) in [6.07, 6.45) is 22.9. The molecule has 2 fully saturated rings. The molecule has 2 aromatic rings. The highest BCUT2D eigenvalue weighted by atomic mass is 16.5. The Hall–Kier alpha value is -5.72. The number of carboxylic acid groups (broad SMARTS) is 1. The lowest BCUT2D eigenvalue weighted by Crippen LogP contribution is -2.54. The SMILES string of the molecule is C1CCCCC1.C=C.CCNC(=O)C(NC(=O)C1=CCCC1C(=O)N[C@]1(C(=O)O)CC1C)C(C)(C)C.COC=O.COc1ccc2c(=O)cc(C3=CC=CC=CC3)[nH]c2c1. The van der Waals surface area contributed by atoms with Crippen molar-refractivity contribution < 1.29 is 38.6 Å². The van der Waals surface area contributed by atoms with E-state index in [0.29, 0.717) is 43.2 Å². The molecule has 1 aromatic heterocycles. The van der Waals surface area contributed by atoms with Crippen molar-refractivity contribution in [1.82, 2.24) is 20.9 Å². The number of aromatic nitrogens is 1. The summed E-state index contributed by atoms with van der Waals surface area (Å²) in [6, 6.07) is 6.35. The minimum Gasteiger partial charge on any atom is -0.497 e. The van der Waals surface area contributed by atoms with Gasteiger partial charge < -0.3 is 35.5 Å². The molecule has 1 heterocycles. The zero-order chi connectivity index (χ0) is 44.9. The molecule has 0 saturated heterocycles. The molecule has 5 N–H and O–H groups in total. The Bertz CT molecular complexity index is 1940. The molecule has 3 unspecified atom stereocenters. The predicted octanol–water partition coefficient (Wildman–Crippen LogP) is 7.34. The lowest BCUT2D eigenvalue weighted by molar-refractivity contribution is -0.144. The summed E-state index contributed by atoms with van der Waals surface area (Å²) in [7, 11) is 2.93. The fourth-order valence-corrected chi connectivity index (χ4v) is 7.02. The molecule has 0 radical (unpaired) electrons. The zero-order valence-corrected chi connectivity index (χ0v) is 36.5. The first kappa shape index (κ1) is 50.4. The highest BCUT2D eigenvalue weighted by molar-refractivity contribution is 6.03. The summed E-state index contributed by atoms with van der Waals surface area (Å²) in [4.78, 5) is 73.9. The minimum absolute atomic E-state index is 0.0227. The Morgan fingerprint density at radius 3 is 2.15 bits per heavy atom. The van der Waals surface area contributed by atoms with E-state index in [1.54, 1.807) is 45.2 Å². The summed E-state index contributed by atoms with van der Waals surface area (Å²) in [5, 5.41) is 18.2. The van der Waals surface area contributed by atoms with Gasteiger partial charge in [-0.25, -0.2) is 4.79 Å². The zero-order valence-electron chi connectivity index (χ0n) is 36.5. The number of rotatable bonds is 10. The average Bonchev–Trinajstić information content (AvgIpc) is 3.77. The van der Waals surface area contributed by atoms with E-state index in [0.717, 1.165) is 29.0 Å². The maximum Gasteiger partial charge on any atom is 0.329 e. The number of fused-ring (bicyclic) bond motifs is 1. The van der Waals surface area contributed by atoms with Gasteiger partial charge in [0.1, 0.15) is 17.3 Å². The van der Waals surface area contributed by atoms with Crippen LogP contribution in [-0.4, -0.2) is 72.6 Å². The molecule has 13 heteroatoms. The van der Waals surface area contributed by atoms with Crippen LogP contribution >= 0.6 is 0 Å². The molecule has 4 atom stereocenters. The molecule has 6 rings (SSSR count). The van der Waals surface area contributed by atoms with Crippen molar-refractivity contribution in [1.29, 1.82) is 0 Å². The van der Waals surface area contributed by atoms with Crippen molar-refractivity contribution in [2.75, 3.05) is 20.8 Å². The molecule has 328 valence electrons. The van der Waals surface area contributed by atoms with Gasteiger partial charge in [0.2, 0.25) is 17.7 Å². The number of aliphatic carboxylic acids is 1. The fourth-order valence-electron chi connectivity index (χ4n) is 7.02. The number of benzene rings is 1. The monoisotopic (exact) mass is 830 g/mol. The van der Waals surface area contributed by atoms with Crippen LogP contribution in [0.15, 0.2) is 84.2 Å². The molecule has 0 bridgehead atoms. The summed E-state index contributed by atoms with van der Waals surface area (Å²) >= 11 is 0. The Labute approximate surface area is 354 Å². The highest BCUT2D eigenvalue weighted by Gasteiger charge is 2.59. The quantitative estimate of drug-likeness (QED) is 0.120. The number of H-pyrrole nitrogens is 1. The van der Waals surface area contributed by atoms with Gasteiger partial charge in [-0.05, 0) is 61.6 Å². The van der Waals surface area contributed by atoms with Crippen LogP contribution in [0, 0.1) is 17.3 Å². The number of amides is 3. The van der Waals surface area contributed by atoms with Gasteiger partial charge in [-0.1, -0.05) is 103 Å². The first-order valence-corrected chi connectivity index (χ1v) is 20.7. The third-order valence-corrected chi connectivity index (χ3v) is 10.5. The molecule has 3 amide bonds. The number of carbonyl (C=O) groups excluding carboxylic acids is 4. The van der Waals surface area contributed by atoms with Gasteiger partial charge in [-0.3, -0.25) is 24.0 Å². The number of pyridine rings is 1. The van der Waals surface area contributed by atoms with Gasteiger partial charge in [0, 0.05) is 35.3 Å². The number of methoxy groups -OCH3 is 2. The Balaban J connectivity index is 0.000000333. The Morgan fingerprint density at radius 1 is 1.02 bits per heavy atom. The maximum atomic E-state index is 12.8. The number of hydrogen-bond acceptors (Lipinski definition) is 8. The molecule has 1 aromatic carbocycles. The van der Waals surface area contributed by atoms with E-state index in [1.807, 2.05) is 51.1 Å². The van der Waals surface area contributed by atoms with Gasteiger partial charge in [0.05, 0.1) is 25.7 Å². The van der Waals surface area contributed by atoms with Crippen molar-refractivity contribution in [2.24, 2.45) is 17.3 Å². The average molecular weight is 831 g/mol. The third-order valence-electron chi connectivity index (χ3n) is 10.5. The summed E-state index contributed by atoms with van der Waals surface area (Å²) in [5.74, 6) is -2.35. The van der Waals surface area contributed by atoms with E-state index in [9.17, 15) is 29.1 Å². The summed E-state index contributed by atoms with van der Waals surface area (Å²) < 4.78 is 9.07. The number of likely N-dealkylation sites (N-methyl/N-ethyl adjacent to an activating group) is 1. The number of nitrogens with one attached hydrogen (secondary N) is 4. The lowest BCUT2D eigenvalue weighted by atomic mass is 9.85. The molecule has 13 nitrogen and oxygen atoms in total. The summed E-state index contributed by atoms with van der Waals surface area (Å²) in [5.41, 5.74) is 1.33. The van der Waals surface area contributed by atoms with Crippen LogP contribution in [-0.2, 0) is 28.7 Å². The van der Waals surface area contributed by atoms with E-state index >= 15 is 0 Å². The van der Waals surface area contributed by atoms with Gasteiger partial charge in [0.15, 0.2) is 5.43 Å². The van der Waals surface area contributed by atoms with Crippen LogP contribution in [0.2, 0.25) is 0 Å². The number of aromatic amines is 1. The third kappa shape index (κ3) is 14.8. The Kier molecular flexibility index (Phi) is 21.0. The van der Waals surface area contributed by atoms with Gasteiger partial charge in [0.25, 0.3) is 6.47 Å². The maximum absolute atomic E-state index is 12.8. The van der Waals surface area contributed by atoms with E-state index in [1.165, 1.54) is 45.6 Å². The van der Waals surface area contributed by atoms with Gasteiger partial charge >= 0.3 is 5.97 Å². The van der Waals surface area contributed by atoms with Gasteiger partial charge in [-0.15, -0.1) is 13.2 Å². The largest absolute Gasteiger partial charge is 0.497 e. The molecule has 0 aliphatic heterocycles. The lowest BCUT2D eigenvalue weighted by Gasteiger charge is -2.31. The second-order valence-electron chi connectivity index (χ2n) is 15.9. The molecule has 0 spiro atoms. The smallest absolute Gasteiger partial charge is 0.329 e. The van der Waals surface area contributed by atoms with Crippen LogP contribution < -0.4 is 26.1 Å². The van der Waals surface area contributed by atoms with Crippen LogP contribution in [0.25, 0.3) is 16.5 Å². The minimum atomic E-state index is -1.23. The molecule has 2 saturated carbocycles. The van der Waals surface area contributed by atoms with Crippen molar-refractivity contribution in [3.05, 3.63) is 95.4 Å². The standard InChI is InChI=1S/C20H31N3O5.C17H15NO2.C6H12.C2H4O2.C2H4/c1-6-21-17(26)14(19(3,4)5)22-15(24)12-8-7-9-13(12)16(25)23-20(18(27)28)10-11(20)2;1-20-13-8-9-14-16(10-13)18-15(11-17(14)19)12-6-4-2-3-5-7-12;1-2-4-6-5-3-1;1-4-2-3;1-2/h8,11,13-14H,6-7,9-10H2,1-5H3,(H,21,26)(H,22,24)(H,23,25)(H,27,28);2-6,8-11H,7H2,1H3,(H,18,19);1-6H2;2H,1H3;1-2H2/t11?,13?,14?,20-;;;;/m1..../s1. The molecular weight excluding hydrogens is 765 g/mol. The number of allylic oxidation sites excluding steroid dienone is 7. The van der Waals surface area contributed by atoms with Crippen LogP contribution in [0.5, 0.6) is 5.75 Å². The number of hydrogen-bond donors (Lipinski definition) is 5. The normalized spacial score (nSPS) is 20.3. The van der Waals surface area contributed by atoms with Crippen molar-refractivity contribution in [2.45, 2.75) is 110 Å². The van der Waals surface area contributed by atoms with Crippen LogP contribution in [0.4, 0.5) is 0 Å². The molecule has 4 aliphatic carbocycles.